The number of benzene rings is 1. The van der Waals surface area contributed by atoms with Crippen LogP contribution in [0, 0.1) is 11.6 Å². The Morgan fingerprint density at radius 3 is 2.47 bits per heavy atom. The Morgan fingerprint density at radius 2 is 1.94 bits per heavy atom. The van der Waals surface area contributed by atoms with Crippen molar-refractivity contribution in [3.8, 4) is 0 Å². The van der Waals surface area contributed by atoms with E-state index in [1.165, 1.54) is 12.1 Å². The average molecular weight is 241 g/mol. The molecule has 2 nitrogen and oxygen atoms in total. The molecule has 0 aliphatic rings. The highest BCUT2D eigenvalue weighted by molar-refractivity contribution is 5.53. The molecule has 0 aromatic heterocycles. The minimum atomic E-state index is -0.577. The van der Waals surface area contributed by atoms with E-state index in [1.54, 1.807) is 13.2 Å². The van der Waals surface area contributed by atoms with E-state index in [2.05, 4.69) is 0 Å². The summed E-state index contributed by atoms with van der Waals surface area (Å²) in [7, 11) is 1.59. The molecule has 0 aliphatic carbocycles. The standard InChI is InChI=1S/C13H17F2NO/c1-17-9-10(3-2-4-16)5-11-6-12(14)8-13(15)7-11/h5-8H,2-4,9,16H2,1H3/b10-5+. The lowest BCUT2D eigenvalue weighted by atomic mass is 10.1. The van der Waals surface area contributed by atoms with E-state index < -0.39 is 11.6 Å². The molecule has 17 heavy (non-hydrogen) atoms. The van der Waals surface area contributed by atoms with Gasteiger partial charge in [-0.25, -0.2) is 8.78 Å². The maximum absolute atomic E-state index is 13.0. The van der Waals surface area contributed by atoms with Gasteiger partial charge in [-0.1, -0.05) is 6.08 Å². The fraction of sp³-hybridized carbons (Fsp3) is 0.385. The van der Waals surface area contributed by atoms with Crippen molar-refractivity contribution in [3.63, 3.8) is 0 Å². The molecule has 94 valence electrons. The maximum Gasteiger partial charge on any atom is 0.126 e. The number of halogens is 2. The quantitative estimate of drug-likeness (QED) is 0.831. The summed E-state index contributed by atoms with van der Waals surface area (Å²) in [6.07, 6.45) is 3.33. The molecular weight excluding hydrogens is 224 g/mol. The third kappa shape index (κ3) is 5.06. The van der Waals surface area contributed by atoms with Gasteiger partial charge in [0, 0.05) is 13.2 Å². The van der Waals surface area contributed by atoms with Gasteiger partial charge >= 0.3 is 0 Å². The SMILES string of the molecule is COC/C(=C/c1cc(F)cc(F)c1)CCCN. The van der Waals surface area contributed by atoms with Crippen LogP contribution in [0.25, 0.3) is 6.08 Å². The molecule has 1 rings (SSSR count). The van der Waals surface area contributed by atoms with Crippen LogP contribution in [0.5, 0.6) is 0 Å². The van der Waals surface area contributed by atoms with E-state index in [0.29, 0.717) is 18.7 Å². The van der Waals surface area contributed by atoms with Crippen molar-refractivity contribution in [2.24, 2.45) is 5.73 Å². The lowest BCUT2D eigenvalue weighted by Gasteiger charge is -2.06. The highest BCUT2D eigenvalue weighted by Crippen LogP contribution is 2.14. The molecule has 0 saturated heterocycles. The second kappa shape index (κ2) is 7.14. The molecule has 1 aromatic carbocycles. The van der Waals surface area contributed by atoms with Crippen molar-refractivity contribution in [2.75, 3.05) is 20.3 Å². The zero-order chi connectivity index (χ0) is 12.7. The van der Waals surface area contributed by atoms with Gasteiger partial charge in [0.1, 0.15) is 11.6 Å². The molecule has 1 aromatic rings. The Hall–Kier alpha value is -1.26. The van der Waals surface area contributed by atoms with Crippen molar-refractivity contribution < 1.29 is 13.5 Å². The summed E-state index contributed by atoms with van der Waals surface area (Å²) >= 11 is 0. The normalized spacial score (nSPS) is 11.9. The molecule has 0 unspecified atom stereocenters. The predicted molar refractivity (Wildman–Crippen MR) is 64.5 cm³/mol. The van der Waals surface area contributed by atoms with Gasteiger partial charge in [0.15, 0.2) is 0 Å². The summed E-state index contributed by atoms with van der Waals surface area (Å²) in [6.45, 7) is 1.02. The fourth-order valence-corrected chi connectivity index (χ4v) is 1.59. The van der Waals surface area contributed by atoms with Gasteiger partial charge in [0.2, 0.25) is 0 Å². The molecule has 0 amide bonds. The van der Waals surface area contributed by atoms with Crippen molar-refractivity contribution in [1.82, 2.24) is 0 Å². The van der Waals surface area contributed by atoms with Crippen LogP contribution in [-0.2, 0) is 4.74 Å². The van der Waals surface area contributed by atoms with Gasteiger partial charge in [0.05, 0.1) is 6.61 Å². The van der Waals surface area contributed by atoms with E-state index >= 15 is 0 Å². The predicted octanol–water partition coefficient (Wildman–Crippen LogP) is 2.73. The minimum Gasteiger partial charge on any atom is -0.380 e. The van der Waals surface area contributed by atoms with Crippen molar-refractivity contribution in [3.05, 3.63) is 41.0 Å². The Morgan fingerprint density at radius 1 is 1.29 bits per heavy atom. The smallest absolute Gasteiger partial charge is 0.126 e. The Labute approximate surface area is 100 Å². The molecule has 0 spiro atoms. The average Bonchev–Trinajstić information content (AvgIpc) is 2.24. The third-order valence-corrected chi connectivity index (χ3v) is 2.29. The number of ether oxygens (including phenoxy) is 1. The minimum absolute atomic E-state index is 0.443. The van der Waals surface area contributed by atoms with Crippen LogP contribution in [-0.4, -0.2) is 20.3 Å². The molecule has 0 heterocycles. The summed E-state index contributed by atoms with van der Waals surface area (Å²) in [6, 6.07) is 3.44. The van der Waals surface area contributed by atoms with E-state index in [-0.39, 0.29) is 0 Å². The lowest BCUT2D eigenvalue weighted by Crippen LogP contribution is -2.02. The van der Waals surface area contributed by atoms with Gasteiger partial charge in [-0.3, -0.25) is 0 Å². The number of methoxy groups -OCH3 is 1. The van der Waals surface area contributed by atoms with E-state index in [9.17, 15) is 8.78 Å². The first-order valence-corrected chi connectivity index (χ1v) is 5.50. The topological polar surface area (TPSA) is 35.2 Å². The Balaban J connectivity index is 2.86. The second-order valence-corrected chi connectivity index (χ2v) is 3.83. The number of nitrogens with two attached hydrogens (primary N) is 1. The number of hydrogen-bond acceptors (Lipinski definition) is 2. The molecule has 0 aliphatic heterocycles. The molecular formula is C13H17F2NO. The summed E-state index contributed by atoms with van der Waals surface area (Å²) in [5, 5.41) is 0. The molecule has 0 bridgehead atoms. The zero-order valence-electron chi connectivity index (χ0n) is 9.88. The highest BCUT2D eigenvalue weighted by atomic mass is 19.1. The van der Waals surface area contributed by atoms with Crippen LogP contribution < -0.4 is 5.73 Å². The summed E-state index contributed by atoms with van der Waals surface area (Å²) in [5.74, 6) is -1.15. The highest BCUT2D eigenvalue weighted by Gasteiger charge is 2.01. The van der Waals surface area contributed by atoms with Crippen LogP contribution in [0.1, 0.15) is 18.4 Å². The first-order valence-electron chi connectivity index (χ1n) is 5.50. The first-order chi connectivity index (χ1) is 8.15. The fourth-order valence-electron chi connectivity index (χ4n) is 1.59. The van der Waals surface area contributed by atoms with Crippen molar-refractivity contribution in [1.29, 1.82) is 0 Å². The number of rotatable bonds is 6. The van der Waals surface area contributed by atoms with Gasteiger partial charge in [-0.15, -0.1) is 0 Å². The van der Waals surface area contributed by atoms with E-state index in [1.807, 2.05) is 0 Å². The Bertz CT molecular complexity index is 371. The van der Waals surface area contributed by atoms with Crippen LogP contribution in [0.2, 0.25) is 0 Å². The van der Waals surface area contributed by atoms with Crippen LogP contribution in [0.4, 0.5) is 8.78 Å². The molecule has 0 radical (unpaired) electrons. The summed E-state index contributed by atoms with van der Waals surface area (Å²) in [4.78, 5) is 0. The summed E-state index contributed by atoms with van der Waals surface area (Å²) < 4.78 is 31.0. The van der Waals surface area contributed by atoms with Crippen LogP contribution in [0.15, 0.2) is 23.8 Å². The zero-order valence-corrected chi connectivity index (χ0v) is 9.88. The van der Waals surface area contributed by atoms with E-state index in [4.69, 9.17) is 10.5 Å². The van der Waals surface area contributed by atoms with Gasteiger partial charge in [-0.05, 0) is 42.7 Å². The van der Waals surface area contributed by atoms with Crippen LogP contribution >= 0.6 is 0 Å². The summed E-state index contributed by atoms with van der Waals surface area (Å²) in [5.41, 5.74) is 6.91. The number of hydrogen-bond donors (Lipinski definition) is 1. The molecule has 0 fully saturated rings. The third-order valence-electron chi connectivity index (χ3n) is 2.29. The monoisotopic (exact) mass is 241 g/mol. The molecule has 2 N–H and O–H groups in total. The van der Waals surface area contributed by atoms with Crippen LogP contribution in [0.3, 0.4) is 0 Å². The second-order valence-electron chi connectivity index (χ2n) is 3.83. The van der Waals surface area contributed by atoms with E-state index in [0.717, 1.165) is 24.5 Å². The van der Waals surface area contributed by atoms with Gasteiger partial charge < -0.3 is 10.5 Å². The molecule has 0 saturated carbocycles. The van der Waals surface area contributed by atoms with Gasteiger partial charge in [-0.2, -0.15) is 0 Å². The lowest BCUT2D eigenvalue weighted by molar-refractivity contribution is 0.223. The first kappa shape index (κ1) is 13.8. The van der Waals surface area contributed by atoms with Crippen molar-refractivity contribution in [2.45, 2.75) is 12.8 Å². The van der Waals surface area contributed by atoms with Crippen molar-refractivity contribution >= 4 is 6.08 Å². The molecule has 4 heteroatoms. The maximum atomic E-state index is 13.0. The largest absolute Gasteiger partial charge is 0.380 e. The molecule has 0 atom stereocenters. The van der Waals surface area contributed by atoms with Gasteiger partial charge in [0.25, 0.3) is 0 Å². The Kier molecular flexibility index (Phi) is 5.80.